The molecule has 1 aromatic rings. The van der Waals surface area contributed by atoms with Gasteiger partial charge in [-0.2, -0.15) is 0 Å². The zero-order valence-electron chi connectivity index (χ0n) is 10.3. The maximum absolute atomic E-state index is 12.0. The van der Waals surface area contributed by atoms with Crippen LogP contribution in [0.1, 0.15) is 35.2 Å². The number of carbonyl (C=O) groups excluding carboxylic acids is 1. The molecule has 1 atom stereocenters. The molecule has 2 rings (SSSR count). The number of aryl methyl sites for hydroxylation is 1. The number of hydrogen-bond donors (Lipinski definition) is 2. The second kappa shape index (κ2) is 5.21. The van der Waals surface area contributed by atoms with Gasteiger partial charge in [-0.25, -0.2) is 0 Å². The van der Waals surface area contributed by atoms with Gasteiger partial charge >= 0.3 is 5.97 Å². The molecule has 96 valence electrons. The smallest absolute Gasteiger partial charge is 0.305 e. The fourth-order valence-corrected chi connectivity index (χ4v) is 1.98. The number of carboxylic acids is 1. The largest absolute Gasteiger partial charge is 0.481 e. The monoisotopic (exact) mass is 247 g/mol. The van der Waals surface area contributed by atoms with Crippen LogP contribution in [0.4, 0.5) is 0 Å². The minimum Gasteiger partial charge on any atom is -0.481 e. The second-order valence-corrected chi connectivity index (χ2v) is 4.88. The third kappa shape index (κ3) is 3.32. The summed E-state index contributed by atoms with van der Waals surface area (Å²) in [6, 6.07) is 7.03. The van der Waals surface area contributed by atoms with Crippen LogP contribution in [-0.2, 0) is 4.79 Å². The van der Waals surface area contributed by atoms with Crippen molar-refractivity contribution < 1.29 is 14.7 Å². The molecule has 4 nitrogen and oxygen atoms in total. The van der Waals surface area contributed by atoms with Gasteiger partial charge in [0.25, 0.3) is 5.91 Å². The molecule has 1 aromatic carbocycles. The van der Waals surface area contributed by atoms with Gasteiger partial charge < -0.3 is 10.4 Å². The summed E-state index contributed by atoms with van der Waals surface area (Å²) in [5, 5.41) is 11.7. The molecule has 0 aromatic heterocycles. The Morgan fingerprint density at radius 3 is 2.44 bits per heavy atom. The molecule has 0 bridgehead atoms. The van der Waals surface area contributed by atoms with Gasteiger partial charge in [0.15, 0.2) is 0 Å². The fraction of sp³-hybridized carbons (Fsp3) is 0.429. The first kappa shape index (κ1) is 12.6. The van der Waals surface area contributed by atoms with Crippen molar-refractivity contribution in [3.63, 3.8) is 0 Å². The van der Waals surface area contributed by atoms with Gasteiger partial charge in [0.2, 0.25) is 0 Å². The minimum atomic E-state index is -0.865. The van der Waals surface area contributed by atoms with Crippen molar-refractivity contribution in [2.24, 2.45) is 5.92 Å². The van der Waals surface area contributed by atoms with Gasteiger partial charge in [0, 0.05) is 11.6 Å². The number of carboxylic acid groups (broad SMARTS) is 1. The topological polar surface area (TPSA) is 66.4 Å². The van der Waals surface area contributed by atoms with E-state index in [1.165, 1.54) is 0 Å². The molecule has 0 spiro atoms. The molecule has 1 fully saturated rings. The third-order valence-corrected chi connectivity index (χ3v) is 3.22. The maximum Gasteiger partial charge on any atom is 0.305 e. The van der Waals surface area contributed by atoms with Crippen molar-refractivity contribution in [3.8, 4) is 0 Å². The van der Waals surface area contributed by atoms with Crippen molar-refractivity contribution in [3.05, 3.63) is 35.4 Å². The highest BCUT2D eigenvalue weighted by Gasteiger charge is 2.33. The number of aliphatic carboxylic acids is 1. The van der Waals surface area contributed by atoms with Gasteiger partial charge in [-0.3, -0.25) is 9.59 Å². The average Bonchev–Trinajstić information content (AvgIpc) is 3.12. The van der Waals surface area contributed by atoms with Gasteiger partial charge in [-0.1, -0.05) is 17.7 Å². The zero-order chi connectivity index (χ0) is 13.1. The van der Waals surface area contributed by atoms with E-state index in [0.717, 1.165) is 18.4 Å². The summed E-state index contributed by atoms with van der Waals surface area (Å²) < 4.78 is 0. The van der Waals surface area contributed by atoms with E-state index in [4.69, 9.17) is 5.11 Å². The SMILES string of the molecule is Cc1ccc(C(=O)NC(CC(=O)O)C2CC2)cc1. The molecular weight excluding hydrogens is 230 g/mol. The summed E-state index contributed by atoms with van der Waals surface area (Å²) in [5.41, 5.74) is 1.67. The lowest BCUT2D eigenvalue weighted by molar-refractivity contribution is -0.137. The van der Waals surface area contributed by atoms with Crippen LogP contribution in [0.15, 0.2) is 24.3 Å². The average molecular weight is 247 g/mol. The number of nitrogens with one attached hydrogen (secondary N) is 1. The Labute approximate surface area is 106 Å². The van der Waals surface area contributed by atoms with Gasteiger partial charge in [0.1, 0.15) is 0 Å². The first-order valence-electron chi connectivity index (χ1n) is 6.15. The highest BCUT2D eigenvalue weighted by Crippen LogP contribution is 2.34. The van der Waals surface area contributed by atoms with Crippen molar-refractivity contribution in [2.75, 3.05) is 0 Å². The fourth-order valence-electron chi connectivity index (χ4n) is 1.98. The van der Waals surface area contributed by atoms with E-state index >= 15 is 0 Å². The molecule has 1 unspecified atom stereocenters. The Morgan fingerprint density at radius 1 is 1.33 bits per heavy atom. The number of hydrogen-bond acceptors (Lipinski definition) is 2. The van der Waals surface area contributed by atoms with E-state index in [0.29, 0.717) is 11.5 Å². The van der Waals surface area contributed by atoms with Crippen molar-refractivity contribution >= 4 is 11.9 Å². The Hall–Kier alpha value is -1.84. The zero-order valence-corrected chi connectivity index (χ0v) is 10.3. The summed E-state index contributed by atoms with van der Waals surface area (Å²) in [7, 11) is 0. The molecule has 0 heterocycles. The van der Waals surface area contributed by atoms with Crippen LogP contribution in [0.25, 0.3) is 0 Å². The molecule has 2 N–H and O–H groups in total. The first-order chi connectivity index (χ1) is 8.56. The Kier molecular flexibility index (Phi) is 3.65. The van der Waals surface area contributed by atoms with Crippen LogP contribution < -0.4 is 5.32 Å². The Morgan fingerprint density at radius 2 is 1.94 bits per heavy atom. The van der Waals surface area contributed by atoms with E-state index in [9.17, 15) is 9.59 Å². The summed E-state index contributed by atoms with van der Waals surface area (Å²) in [6.07, 6.45) is 2.01. The highest BCUT2D eigenvalue weighted by molar-refractivity contribution is 5.94. The van der Waals surface area contributed by atoms with Crippen molar-refractivity contribution in [1.29, 1.82) is 0 Å². The molecule has 18 heavy (non-hydrogen) atoms. The lowest BCUT2D eigenvalue weighted by atomic mass is 10.1. The van der Waals surface area contributed by atoms with Gasteiger partial charge in [0.05, 0.1) is 6.42 Å². The predicted octanol–water partition coefficient (Wildman–Crippen LogP) is 1.98. The standard InChI is InChI=1S/C14H17NO3/c1-9-2-4-11(5-3-9)14(18)15-12(8-13(16)17)10-6-7-10/h2-5,10,12H,6-8H2,1H3,(H,15,18)(H,16,17). The van der Waals surface area contributed by atoms with E-state index in [2.05, 4.69) is 5.32 Å². The number of benzene rings is 1. The van der Waals surface area contributed by atoms with Crippen LogP contribution >= 0.6 is 0 Å². The summed E-state index contributed by atoms with van der Waals surface area (Å²) in [4.78, 5) is 22.7. The molecule has 1 saturated carbocycles. The van der Waals surface area contributed by atoms with Crippen molar-refractivity contribution in [1.82, 2.24) is 5.32 Å². The maximum atomic E-state index is 12.0. The molecule has 0 saturated heterocycles. The Bertz CT molecular complexity index is 449. The van der Waals surface area contributed by atoms with E-state index < -0.39 is 5.97 Å². The summed E-state index contributed by atoms with van der Waals surface area (Å²) in [5.74, 6) is -0.722. The van der Waals surface area contributed by atoms with Gasteiger partial charge in [-0.05, 0) is 37.8 Å². The molecule has 0 radical (unpaired) electrons. The third-order valence-electron chi connectivity index (χ3n) is 3.22. The second-order valence-electron chi connectivity index (χ2n) is 4.88. The summed E-state index contributed by atoms with van der Waals surface area (Å²) >= 11 is 0. The quantitative estimate of drug-likeness (QED) is 0.836. The van der Waals surface area contributed by atoms with E-state index in [-0.39, 0.29) is 18.4 Å². The van der Waals surface area contributed by atoms with Crippen LogP contribution in [0.5, 0.6) is 0 Å². The lowest BCUT2D eigenvalue weighted by Gasteiger charge is -2.16. The van der Waals surface area contributed by atoms with E-state index in [1.54, 1.807) is 12.1 Å². The predicted molar refractivity (Wildman–Crippen MR) is 67.4 cm³/mol. The highest BCUT2D eigenvalue weighted by atomic mass is 16.4. The first-order valence-corrected chi connectivity index (χ1v) is 6.15. The minimum absolute atomic E-state index is 0.00225. The molecule has 1 aliphatic rings. The molecule has 1 aliphatic carbocycles. The van der Waals surface area contributed by atoms with Gasteiger partial charge in [-0.15, -0.1) is 0 Å². The van der Waals surface area contributed by atoms with Crippen LogP contribution in [0.3, 0.4) is 0 Å². The molecule has 0 aliphatic heterocycles. The number of carbonyl (C=O) groups is 2. The van der Waals surface area contributed by atoms with Crippen LogP contribution in [-0.4, -0.2) is 23.0 Å². The normalized spacial score (nSPS) is 16.1. The Balaban J connectivity index is 2.00. The van der Waals surface area contributed by atoms with Crippen molar-refractivity contribution in [2.45, 2.75) is 32.2 Å². The molecular formula is C14H17NO3. The lowest BCUT2D eigenvalue weighted by Crippen LogP contribution is -2.38. The number of amides is 1. The van der Waals surface area contributed by atoms with Crippen LogP contribution in [0.2, 0.25) is 0 Å². The number of rotatable bonds is 5. The molecule has 1 amide bonds. The summed E-state index contributed by atoms with van der Waals surface area (Å²) in [6.45, 7) is 1.96. The van der Waals surface area contributed by atoms with E-state index in [1.807, 2.05) is 19.1 Å². The van der Waals surface area contributed by atoms with Crippen LogP contribution in [0, 0.1) is 12.8 Å². The molecule has 4 heteroatoms.